The van der Waals surface area contributed by atoms with Crippen molar-refractivity contribution in [2.75, 3.05) is 0 Å². The van der Waals surface area contributed by atoms with Gasteiger partial charge in [0.25, 0.3) is 0 Å². The van der Waals surface area contributed by atoms with Crippen molar-refractivity contribution in [1.82, 2.24) is 15.3 Å². The molecule has 0 bridgehead atoms. The molecule has 0 amide bonds. The number of aromatic nitrogens is 2. The van der Waals surface area contributed by atoms with Gasteiger partial charge in [0.15, 0.2) is 11.7 Å². The number of benzene rings is 7. The second kappa shape index (κ2) is 13.0. The number of thiophene rings is 3. The van der Waals surface area contributed by atoms with Crippen LogP contribution in [0.5, 0.6) is 0 Å². The Hall–Kier alpha value is -6.58. The molecule has 12 rings (SSSR count). The van der Waals surface area contributed by atoms with Gasteiger partial charge in [0, 0.05) is 72.7 Å². The second-order valence-electron chi connectivity index (χ2n) is 14.2. The molecule has 1 aliphatic heterocycles. The fourth-order valence-corrected chi connectivity index (χ4v) is 11.5. The highest BCUT2D eigenvalue weighted by atomic mass is 32.1. The first-order chi connectivity index (χ1) is 28.2. The van der Waals surface area contributed by atoms with Gasteiger partial charge in [-0.15, -0.1) is 34.0 Å². The van der Waals surface area contributed by atoms with E-state index in [4.69, 9.17) is 20.0 Å². The van der Waals surface area contributed by atoms with Gasteiger partial charge in [-0.2, -0.15) is 0 Å². The fourth-order valence-electron chi connectivity index (χ4n) is 8.06. The molecular weight excluding hydrogens is 755 g/mol. The molecule has 1 aliphatic rings. The van der Waals surface area contributed by atoms with Gasteiger partial charge < -0.3 is 5.32 Å². The van der Waals surface area contributed by atoms with Gasteiger partial charge >= 0.3 is 0 Å². The Bertz CT molecular complexity index is 3450. The van der Waals surface area contributed by atoms with E-state index < -0.39 is 0 Å². The zero-order valence-corrected chi connectivity index (χ0v) is 32.6. The standard InChI is InChI=1S/C49H29N5S3/c1-3-12-28(13-4-1)43-45-44(34-17-8-10-20-38(34)57-45)51-47(50-43)31-22-24-32-36-26-30(23-25-39(36)56-41(32)27-31)48-52-46(29-14-5-2-6-15-29)53-49(54-48)35-18-11-21-40-42(35)33-16-7-9-19-37(33)55-40/h1-27,46H,(H,52,53,54). The lowest BCUT2D eigenvalue weighted by Gasteiger charge is -2.24. The van der Waals surface area contributed by atoms with E-state index >= 15 is 0 Å². The van der Waals surface area contributed by atoms with Gasteiger partial charge in [-0.25, -0.2) is 20.0 Å². The first-order valence-corrected chi connectivity index (χ1v) is 21.3. The summed E-state index contributed by atoms with van der Waals surface area (Å²) in [7, 11) is 0. The largest absolute Gasteiger partial charge is 0.344 e. The molecule has 1 N–H and O–H groups in total. The summed E-state index contributed by atoms with van der Waals surface area (Å²) in [6, 6.07) is 57.8. The summed E-state index contributed by atoms with van der Waals surface area (Å²) in [5.74, 6) is 2.27. The average molecular weight is 784 g/mol. The van der Waals surface area contributed by atoms with Gasteiger partial charge in [0.1, 0.15) is 12.0 Å². The summed E-state index contributed by atoms with van der Waals surface area (Å²) in [5, 5.41) is 9.71. The average Bonchev–Trinajstić information content (AvgIpc) is 3.97. The summed E-state index contributed by atoms with van der Waals surface area (Å²) in [5.41, 5.74) is 7.22. The third-order valence-corrected chi connectivity index (χ3v) is 14.2. The van der Waals surface area contributed by atoms with E-state index in [1.54, 1.807) is 22.7 Å². The highest BCUT2D eigenvalue weighted by molar-refractivity contribution is 7.26. The van der Waals surface area contributed by atoms with Crippen LogP contribution in [0.3, 0.4) is 0 Å². The van der Waals surface area contributed by atoms with Crippen LogP contribution in [0.25, 0.3) is 83.3 Å². The molecule has 1 atom stereocenters. The summed E-state index contributed by atoms with van der Waals surface area (Å²) >= 11 is 5.37. The highest BCUT2D eigenvalue weighted by Crippen LogP contribution is 2.42. The van der Waals surface area contributed by atoms with Crippen LogP contribution in [0.15, 0.2) is 174 Å². The Morgan fingerprint density at radius 1 is 0.474 bits per heavy atom. The van der Waals surface area contributed by atoms with Gasteiger partial charge in [0.2, 0.25) is 0 Å². The Kier molecular flexibility index (Phi) is 7.44. The monoisotopic (exact) mass is 783 g/mol. The van der Waals surface area contributed by atoms with Crippen LogP contribution in [0.4, 0.5) is 0 Å². The quantitative estimate of drug-likeness (QED) is 0.189. The van der Waals surface area contributed by atoms with Crippen molar-refractivity contribution in [3.8, 4) is 22.6 Å². The van der Waals surface area contributed by atoms with Gasteiger partial charge in [-0.05, 0) is 48.0 Å². The molecule has 4 aromatic heterocycles. The summed E-state index contributed by atoms with van der Waals surface area (Å²) < 4.78 is 7.25. The van der Waals surface area contributed by atoms with E-state index in [0.29, 0.717) is 5.84 Å². The van der Waals surface area contributed by atoms with Crippen molar-refractivity contribution in [3.63, 3.8) is 0 Å². The lowest BCUT2D eigenvalue weighted by atomic mass is 10.0. The number of hydrogen-bond acceptors (Lipinski definition) is 8. The maximum absolute atomic E-state index is 5.28. The number of amidine groups is 2. The number of fused-ring (bicyclic) bond motifs is 9. The third-order valence-electron chi connectivity index (χ3n) is 10.8. The summed E-state index contributed by atoms with van der Waals surface area (Å²) in [6.07, 6.45) is -0.287. The normalized spacial score (nSPS) is 14.5. The molecule has 0 saturated carbocycles. The maximum Gasteiger partial charge on any atom is 0.160 e. The number of rotatable bonds is 5. The zero-order valence-electron chi connectivity index (χ0n) is 30.2. The molecule has 5 nitrogen and oxygen atoms in total. The lowest BCUT2D eigenvalue weighted by molar-refractivity contribution is 0.674. The van der Waals surface area contributed by atoms with Crippen molar-refractivity contribution in [1.29, 1.82) is 0 Å². The predicted molar refractivity (Wildman–Crippen MR) is 243 cm³/mol. The first-order valence-electron chi connectivity index (χ1n) is 18.8. The van der Waals surface area contributed by atoms with E-state index in [0.717, 1.165) is 60.8 Å². The lowest BCUT2D eigenvalue weighted by Crippen LogP contribution is -2.33. The fraction of sp³-hybridized carbons (Fsp3) is 0.0204. The Morgan fingerprint density at radius 3 is 2.04 bits per heavy atom. The molecule has 0 saturated heterocycles. The molecule has 5 heterocycles. The van der Waals surface area contributed by atoms with Crippen LogP contribution in [0.2, 0.25) is 0 Å². The van der Waals surface area contributed by atoms with Crippen molar-refractivity contribution < 1.29 is 0 Å². The highest BCUT2D eigenvalue weighted by Gasteiger charge is 2.24. The topological polar surface area (TPSA) is 62.5 Å². The molecule has 8 heteroatoms. The molecule has 0 fully saturated rings. The van der Waals surface area contributed by atoms with Crippen molar-refractivity contribution in [2.24, 2.45) is 9.98 Å². The van der Waals surface area contributed by atoms with Crippen LogP contribution < -0.4 is 5.32 Å². The van der Waals surface area contributed by atoms with Crippen LogP contribution >= 0.6 is 34.0 Å². The van der Waals surface area contributed by atoms with Gasteiger partial charge in [0.05, 0.1) is 15.9 Å². The summed E-state index contributed by atoms with van der Waals surface area (Å²) in [4.78, 5) is 21.0. The van der Waals surface area contributed by atoms with Crippen molar-refractivity contribution in [3.05, 3.63) is 180 Å². The van der Waals surface area contributed by atoms with E-state index in [1.165, 1.54) is 45.0 Å². The Morgan fingerprint density at radius 2 is 1.18 bits per heavy atom. The molecule has 7 aromatic carbocycles. The molecule has 57 heavy (non-hydrogen) atoms. The number of hydrogen-bond donors (Lipinski definition) is 1. The van der Waals surface area contributed by atoms with Gasteiger partial charge in [-0.3, -0.25) is 0 Å². The number of aliphatic imine (C=N–C) groups is 2. The molecule has 0 radical (unpaired) electrons. The van der Waals surface area contributed by atoms with E-state index in [2.05, 4.69) is 157 Å². The van der Waals surface area contributed by atoms with E-state index in [9.17, 15) is 0 Å². The van der Waals surface area contributed by atoms with Crippen LogP contribution in [-0.4, -0.2) is 21.6 Å². The van der Waals surface area contributed by atoms with E-state index in [-0.39, 0.29) is 6.17 Å². The van der Waals surface area contributed by atoms with Crippen molar-refractivity contribution in [2.45, 2.75) is 6.17 Å². The smallest absolute Gasteiger partial charge is 0.160 e. The molecule has 1 unspecified atom stereocenters. The first kappa shape index (κ1) is 32.6. The van der Waals surface area contributed by atoms with Crippen LogP contribution in [0.1, 0.15) is 22.9 Å². The number of nitrogens with zero attached hydrogens (tertiary/aromatic N) is 4. The third kappa shape index (κ3) is 5.40. The van der Waals surface area contributed by atoms with Crippen LogP contribution in [-0.2, 0) is 0 Å². The Balaban J connectivity index is 0.987. The molecular formula is C49H29N5S3. The Labute approximate surface area is 339 Å². The predicted octanol–water partition coefficient (Wildman–Crippen LogP) is 13.4. The van der Waals surface area contributed by atoms with E-state index in [1.807, 2.05) is 23.5 Å². The minimum atomic E-state index is -0.287. The molecule has 11 aromatic rings. The molecule has 0 aliphatic carbocycles. The maximum atomic E-state index is 5.28. The van der Waals surface area contributed by atoms with Gasteiger partial charge in [-0.1, -0.05) is 121 Å². The minimum absolute atomic E-state index is 0.287. The minimum Gasteiger partial charge on any atom is -0.344 e. The SMILES string of the molecule is c1ccc(-c2nc(-c3ccc4c(c3)sc3ccc(C5=NC(c6ccccc6)NC(c6cccc7sc8ccccc8c67)=N5)cc34)nc3c2sc2ccccc23)cc1. The summed E-state index contributed by atoms with van der Waals surface area (Å²) in [6.45, 7) is 0. The number of nitrogens with one attached hydrogen (secondary N) is 1. The van der Waals surface area contributed by atoms with Crippen molar-refractivity contribution >= 4 is 106 Å². The molecule has 0 spiro atoms. The molecule has 268 valence electrons. The zero-order chi connectivity index (χ0) is 37.5. The second-order valence-corrected chi connectivity index (χ2v) is 17.4. The van der Waals surface area contributed by atoms with Crippen LogP contribution in [0, 0.1) is 0 Å².